The lowest BCUT2D eigenvalue weighted by molar-refractivity contribution is 0.0463. The van der Waals surface area contributed by atoms with Gasteiger partial charge in [0, 0.05) is 5.02 Å². The van der Waals surface area contributed by atoms with E-state index in [9.17, 15) is 5.11 Å². The second-order valence-electron chi connectivity index (χ2n) is 3.94. The third-order valence-corrected chi connectivity index (χ3v) is 2.99. The van der Waals surface area contributed by atoms with E-state index >= 15 is 0 Å². The molecule has 14 heavy (non-hydrogen) atoms. The SMILES string of the molecule is CCCC(C)(O)c1cccc(Cl)c1C. The number of rotatable bonds is 3. The van der Waals surface area contributed by atoms with Crippen molar-refractivity contribution in [2.45, 2.75) is 39.2 Å². The van der Waals surface area contributed by atoms with Crippen molar-refractivity contribution >= 4 is 11.6 Å². The van der Waals surface area contributed by atoms with Crippen LogP contribution in [0.2, 0.25) is 5.02 Å². The lowest BCUT2D eigenvalue weighted by Gasteiger charge is -2.25. The predicted molar refractivity (Wildman–Crippen MR) is 60.7 cm³/mol. The van der Waals surface area contributed by atoms with Gasteiger partial charge < -0.3 is 5.11 Å². The normalized spacial score (nSPS) is 15.2. The van der Waals surface area contributed by atoms with Gasteiger partial charge in [0.15, 0.2) is 0 Å². The average Bonchev–Trinajstić information content (AvgIpc) is 2.09. The van der Waals surface area contributed by atoms with Crippen LogP contribution >= 0.6 is 11.6 Å². The van der Waals surface area contributed by atoms with Crippen molar-refractivity contribution in [1.29, 1.82) is 0 Å². The summed E-state index contributed by atoms with van der Waals surface area (Å²) >= 11 is 6.01. The van der Waals surface area contributed by atoms with Crippen LogP contribution in [0.15, 0.2) is 18.2 Å². The van der Waals surface area contributed by atoms with Gasteiger partial charge in [0.25, 0.3) is 0 Å². The van der Waals surface area contributed by atoms with Gasteiger partial charge in [-0.05, 0) is 37.5 Å². The minimum absolute atomic E-state index is 0.721. The molecule has 0 saturated carbocycles. The molecule has 0 bridgehead atoms. The highest BCUT2D eigenvalue weighted by Crippen LogP contribution is 2.31. The topological polar surface area (TPSA) is 20.2 Å². The first-order valence-electron chi connectivity index (χ1n) is 4.97. The zero-order chi connectivity index (χ0) is 10.8. The largest absolute Gasteiger partial charge is 0.385 e. The summed E-state index contributed by atoms with van der Waals surface area (Å²) in [4.78, 5) is 0. The first-order valence-corrected chi connectivity index (χ1v) is 5.35. The molecule has 0 spiro atoms. The molecule has 0 amide bonds. The monoisotopic (exact) mass is 212 g/mol. The van der Waals surface area contributed by atoms with Gasteiger partial charge in [-0.25, -0.2) is 0 Å². The smallest absolute Gasteiger partial charge is 0.0871 e. The van der Waals surface area contributed by atoms with E-state index in [0.717, 1.165) is 29.0 Å². The number of hydrogen-bond acceptors (Lipinski definition) is 1. The fourth-order valence-corrected chi connectivity index (χ4v) is 1.99. The Balaban J connectivity index is 3.12. The van der Waals surface area contributed by atoms with Crippen molar-refractivity contribution in [2.75, 3.05) is 0 Å². The quantitative estimate of drug-likeness (QED) is 0.811. The van der Waals surface area contributed by atoms with Crippen molar-refractivity contribution in [3.05, 3.63) is 34.3 Å². The van der Waals surface area contributed by atoms with Gasteiger partial charge in [0.1, 0.15) is 0 Å². The van der Waals surface area contributed by atoms with Crippen LogP contribution in [0.4, 0.5) is 0 Å². The Kier molecular flexibility index (Phi) is 3.57. The second kappa shape index (κ2) is 4.33. The van der Waals surface area contributed by atoms with Crippen molar-refractivity contribution in [3.8, 4) is 0 Å². The molecule has 1 aromatic carbocycles. The molecule has 1 nitrogen and oxygen atoms in total. The van der Waals surface area contributed by atoms with Gasteiger partial charge in [0.2, 0.25) is 0 Å². The first-order chi connectivity index (χ1) is 6.49. The molecule has 1 rings (SSSR count). The molecule has 1 atom stereocenters. The predicted octanol–water partition coefficient (Wildman–Crippen LogP) is 3.66. The lowest BCUT2D eigenvalue weighted by atomic mass is 9.88. The van der Waals surface area contributed by atoms with E-state index in [1.807, 2.05) is 32.0 Å². The Morgan fingerprint density at radius 1 is 1.43 bits per heavy atom. The maximum atomic E-state index is 10.2. The number of aliphatic hydroxyl groups is 1. The van der Waals surface area contributed by atoms with Gasteiger partial charge >= 0.3 is 0 Å². The number of benzene rings is 1. The summed E-state index contributed by atoms with van der Waals surface area (Å²) < 4.78 is 0. The molecule has 0 aromatic heterocycles. The van der Waals surface area contributed by atoms with Gasteiger partial charge in [-0.2, -0.15) is 0 Å². The standard InChI is InChI=1S/C12H17ClO/c1-4-8-12(3,14)10-6-5-7-11(13)9(10)2/h5-7,14H,4,8H2,1-3H3. The molecule has 0 aliphatic rings. The maximum absolute atomic E-state index is 10.2. The Labute approximate surface area is 90.7 Å². The molecule has 0 aliphatic carbocycles. The van der Waals surface area contributed by atoms with Crippen molar-refractivity contribution in [2.24, 2.45) is 0 Å². The van der Waals surface area contributed by atoms with Crippen molar-refractivity contribution in [1.82, 2.24) is 0 Å². The summed E-state index contributed by atoms with van der Waals surface area (Å²) in [6.45, 7) is 5.85. The van der Waals surface area contributed by atoms with Crippen LogP contribution in [0.5, 0.6) is 0 Å². The van der Waals surface area contributed by atoms with Gasteiger partial charge in [0.05, 0.1) is 5.60 Å². The van der Waals surface area contributed by atoms with Crippen LogP contribution in [-0.2, 0) is 5.60 Å². The third-order valence-electron chi connectivity index (χ3n) is 2.58. The Morgan fingerprint density at radius 2 is 2.07 bits per heavy atom. The molecule has 0 saturated heterocycles. The fourth-order valence-electron chi connectivity index (χ4n) is 1.81. The number of halogens is 1. The Morgan fingerprint density at radius 3 is 2.64 bits per heavy atom. The minimum atomic E-state index is -0.760. The summed E-state index contributed by atoms with van der Waals surface area (Å²) in [6, 6.07) is 5.67. The van der Waals surface area contributed by atoms with Gasteiger partial charge in [-0.3, -0.25) is 0 Å². The lowest BCUT2D eigenvalue weighted by Crippen LogP contribution is -2.21. The highest BCUT2D eigenvalue weighted by atomic mass is 35.5. The van der Waals surface area contributed by atoms with Crippen LogP contribution < -0.4 is 0 Å². The molecular weight excluding hydrogens is 196 g/mol. The second-order valence-corrected chi connectivity index (χ2v) is 4.34. The van der Waals surface area contributed by atoms with E-state index in [1.165, 1.54) is 0 Å². The molecule has 1 aromatic rings. The average molecular weight is 213 g/mol. The molecule has 1 N–H and O–H groups in total. The molecule has 78 valence electrons. The molecule has 2 heteroatoms. The summed E-state index contributed by atoms with van der Waals surface area (Å²) in [7, 11) is 0. The molecule has 0 aliphatic heterocycles. The fraction of sp³-hybridized carbons (Fsp3) is 0.500. The highest BCUT2D eigenvalue weighted by Gasteiger charge is 2.24. The van der Waals surface area contributed by atoms with E-state index in [4.69, 9.17) is 11.6 Å². The molecular formula is C12H17ClO. The summed E-state index contributed by atoms with van der Waals surface area (Å²) in [5, 5.41) is 11.0. The zero-order valence-corrected chi connectivity index (χ0v) is 9.73. The van der Waals surface area contributed by atoms with Crippen molar-refractivity contribution < 1.29 is 5.11 Å². The Hall–Kier alpha value is -0.530. The van der Waals surface area contributed by atoms with E-state index in [1.54, 1.807) is 0 Å². The highest BCUT2D eigenvalue weighted by molar-refractivity contribution is 6.31. The molecule has 0 radical (unpaired) electrons. The van der Waals surface area contributed by atoms with E-state index in [-0.39, 0.29) is 0 Å². The van der Waals surface area contributed by atoms with Gasteiger partial charge in [-0.1, -0.05) is 37.1 Å². The zero-order valence-electron chi connectivity index (χ0n) is 8.97. The van der Waals surface area contributed by atoms with Crippen LogP contribution in [0.3, 0.4) is 0 Å². The summed E-state index contributed by atoms with van der Waals surface area (Å²) in [5.74, 6) is 0. The minimum Gasteiger partial charge on any atom is -0.385 e. The van der Waals surface area contributed by atoms with Crippen LogP contribution in [0.25, 0.3) is 0 Å². The third kappa shape index (κ3) is 2.28. The van der Waals surface area contributed by atoms with Crippen LogP contribution in [-0.4, -0.2) is 5.11 Å². The molecule has 1 unspecified atom stereocenters. The van der Waals surface area contributed by atoms with Crippen LogP contribution in [0.1, 0.15) is 37.8 Å². The van der Waals surface area contributed by atoms with Gasteiger partial charge in [-0.15, -0.1) is 0 Å². The van der Waals surface area contributed by atoms with E-state index in [0.29, 0.717) is 0 Å². The van der Waals surface area contributed by atoms with Crippen molar-refractivity contribution in [3.63, 3.8) is 0 Å². The summed E-state index contributed by atoms with van der Waals surface area (Å²) in [5.41, 5.74) is 1.16. The summed E-state index contributed by atoms with van der Waals surface area (Å²) in [6.07, 6.45) is 1.72. The molecule has 0 fully saturated rings. The number of hydrogen-bond donors (Lipinski definition) is 1. The first kappa shape index (κ1) is 11.5. The molecule has 0 heterocycles. The Bertz CT molecular complexity index is 318. The van der Waals surface area contributed by atoms with E-state index in [2.05, 4.69) is 6.92 Å². The van der Waals surface area contributed by atoms with Crippen LogP contribution in [0, 0.1) is 6.92 Å². The van der Waals surface area contributed by atoms with E-state index < -0.39 is 5.60 Å². The maximum Gasteiger partial charge on any atom is 0.0871 e.